The van der Waals surface area contributed by atoms with E-state index in [1.165, 1.54) is 12.1 Å². The lowest BCUT2D eigenvalue weighted by Gasteiger charge is -2.15. The molecule has 0 aliphatic carbocycles. The molecular formula is C25H19NO11. The summed E-state index contributed by atoms with van der Waals surface area (Å²) in [4.78, 5) is 57.5. The number of amides is 1. The smallest absolute Gasteiger partial charge is 0.335 e. The molecule has 0 radical (unpaired) electrons. The van der Waals surface area contributed by atoms with E-state index in [-0.39, 0.29) is 63.7 Å². The van der Waals surface area contributed by atoms with Crippen LogP contribution in [0.15, 0.2) is 54.6 Å². The fourth-order valence-electron chi connectivity index (χ4n) is 3.39. The summed E-state index contributed by atoms with van der Waals surface area (Å²) in [5.74, 6) is -6.42. The Kier molecular flexibility index (Phi) is 7.73. The molecule has 3 rings (SSSR count). The summed E-state index contributed by atoms with van der Waals surface area (Å²) in [5, 5.41) is 36.9. The average Bonchev–Trinajstić information content (AvgIpc) is 2.85. The van der Waals surface area contributed by atoms with Crippen LogP contribution in [-0.2, 0) is 13.2 Å². The maximum Gasteiger partial charge on any atom is 0.335 e. The first kappa shape index (κ1) is 26.2. The second-order valence-corrected chi connectivity index (χ2v) is 7.61. The number of aromatic carboxylic acids is 4. The number of carbonyl (C=O) groups excluding carboxylic acids is 1. The van der Waals surface area contributed by atoms with Gasteiger partial charge in [0.25, 0.3) is 0 Å². The number of hydrogen-bond acceptors (Lipinski definition) is 7. The molecule has 0 spiro atoms. The van der Waals surface area contributed by atoms with Gasteiger partial charge in [0.05, 0.1) is 27.8 Å². The fourth-order valence-corrected chi connectivity index (χ4v) is 3.39. The van der Waals surface area contributed by atoms with Gasteiger partial charge in [0.2, 0.25) is 5.91 Å². The van der Waals surface area contributed by atoms with Gasteiger partial charge in [-0.2, -0.15) is 0 Å². The van der Waals surface area contributed by atoms with Crippen molar-refractivity contribution < 1.29 is 53.9 Å². The van der Waals surface area contributed by atoms with Gasteiger partial charge in [-0.15, -0.1) is 0 Å². The molecule has 0 heterocycles. The molecule has 1 amide bonds. The summed E-state index contributed by atoms with van der Waals surface area (Å²) in [7, 11) is 0. The van der Waals surface area contributed by atoms with Crippen LogP contribution in [0, 0.1) is 0 Å². The number of benzene rings is 3. The zero-order valence-corrected chi connectivity index (χ0v) is 18.8. The Morgan fingerprint density at radius 3 is 1.19 bits per heavy atom. The Labute approximate surface area is 208 Å². The third-order valence-corrected chi connectivity index (χ3v) is 5.07. The lowest BCUT2D eigenvalue weighted by Crippen LogP contribution is -2.18. The van der Waals surface area contributed by atoms with Crippen LogP contribution >= 0.6 is 0 Å². The molecule has 0 aliphatic heterocycles. The SMILES string of the molecule is NC(=O)c1c(COc2cc(C(=O)O)cc(C(=O)O)c2)cccc1COc1cc(C(=O)O)cc(C(=O)O)c1. The summed E-state index contributed by atoms with van der Waals surface area (Å²) in [6.45, 7) is -0.572. The number of primary amides is 1. The fraction of sp³-hybridized carbons (Fsp3) is 0.0800. The lowest BCUT2D eigenvalue weighted by atomic mass is 10.0. The minimum absolute atomic E-state index is 0.00296. The van der Waals surface area contributed by atoms with E-state index in [9.17, 15) is 44.4 Å². The van der Waals surface area contributed by atoms with Crippen molar-refractivity contribution in [3.05, 3.63) is 93.5 Å². The molecule has 12 nitrogen and oxygen atoms in total. The third-order valence-electron chi connectivity index (χ3n) is 5.07. The average molecular weight is 509 g/mol. The van der Waals surface area contributed by atoms with Gasteiger partial charge in [0, 0.05) is 11.1 Å². The minimum atomic E-state index is -1.36. The van der Waals surface area contributed by atoms with Crippen molar-refractivity contribution in [3.63, 3.8) is 0 Å². The molecule has 0 atom stereocenters. The van der Waals surface area contributed by atoms with Gasteiger partial charge in [-0.3, -0.25) is 4.79 Å². The van der Waals surface area contributed by atoms with E-state index >= 15 is 0 Å². The molecule has 3 aromatic carbocycles. The van der Waals surface area contributed by atoms with Crippen molar-refractivity contribution in [3.8, 4) is 11.5 Å². The first-order chi connectivity index (χ1) is 17.5. The highest BCUT2D eigenvalue weighted by atomic mass is 16.5. The van der Waals surface area contributed by atoms with E-state index in [1.54, 1.807) is 6.07 Å². The highest BCUT2D eigenvalue weighted by Crippen LogP contribution is 2.24. The van der Waals surface area contributed by atoms with E-state index in [4.69, 9.17) is 15.2 Å². The second-order valence-electron chi connectivity index (χ2n) is 7.61. The van der Waals surface area contributed by atoms with Crippen LogP contribution in [0.25, 0.3) is 0 Å². The lowest BCUT2D eigenvalue weighted by molar-refractivity contribution is 0.0675. The highest BCUT2D eigenvalue weighted by Gasteiger charge is 2.18. The van der Waals surface area contributed by atoms with Gasteiger partial charge in [-0.1, -0.05) is 18.2 Å². The third kappa shape index (κ3) is 6.39. The zero-order valence-electron chi connectivity index (χ0n) is 18.8. The molecule has 0 aliphatic rings. The summed E-state index contributed by atoms with van der Waals surface area (Å²) in [5.41, 5.74) is 4.87. The summed E-state index contributed by atoms with van der Waals surface area (Å²) < 4.78 is 11.1. The first-order valence-electron chi connectivity index (χ1n) is 10.4. The highest BCUT2D eigenvalue weighted by molar-refractivity contribution is 5.96. The zero-order chi connectivity index (χ0) is 27.3. The molecular weight excluding hydrogens is 490 g/mol. The number of carbonyl (C=O) groups is 5. The molecule has 6 N–H and O–H groups in total. The van der Waals surface area contributed by atoms with Crippen molar-refractivity contribution in [2.75, 3.05) is 0 Å². The van der Waals surface area contributed by atoms with Crippen molar-refractivity contribution in [2.24, 2.45) is 5.73 Å². The van der Waals surface area contributed by atoms with E-state index in [2.05, 4.69) is 0 Å². The summed E-state index contributed by atoms with van der Waals surface area (Å²) in [6.07, 6.45) is 0. The first-order valence-corrected chi connectivity index (χ1v) is 10.4. The van der Waals surface area contributed by atoms with Gasteiger partial charge in [-0.25, -0.2) is 19.2 Å². The Hall–Kier alpha value is -5.39. The van der Waals surface area contributed by atoms with Crippen molar-refractivity contribution in [2.45, 2.75) is 13.2 Å². The molecule has 12 heteroatoms. The quantitative estimate of drug-likeness (QED) is 0.253. The van der Waals surface area contributed by atoms with Crippen LogP contribution < -0.4 is 15.2 Å². The molecule has 37 heavy (non-hydrogen) atoms. The van der Waals surface area contributed by atoms with Crippen LogP contribution in [0.1, 0.15) is 62.9 Å². The largest absolute Gasteiger partial charge is 0.489 e. The molecule has 0 bridgehead atoms. The predicted molar refractivity (Wildman–Crippen MR) is 124 cm³/mol. The Balaban J connectivity index is 1.88. The summed E-state index contributed by atoms with van der Waals surface area (Å²) >= 11 is 0. The van der Waals surface area contributed by atoms with Crippen LogP contribution in [0.2, 0.25) is 0 Å². The Morgan fingerprint density at radius 1 is 0.595 bits per heavy atom. The minimum Gasteiger partial charge on any atom is -0.489 e. The Bertz CT molecular complexity index is 1270. The van der Waals surface area contributed by atoms with Crippen LogP contribution in [-0.4, -0.2) is 50.2 Å². The molecule has 0 saturated heterocycles. The molecule has 3 aromatic rings. The molecule has 0 aromatic heterocycles. The van der Waals surface area contributed by atoms with Crippen LogP contribution in [0.3, 0.4) is 0 Å². The number of nitrogens with two attached hydrogens (primary N) is 1. The van der Waals surface area contributed by atoms with E-state index in [1.807, 2.05) is 0 Å². The number of carboxylic acid groups (broad SMARTS) is 4. The maximum atomic E-state index is 12.2. The van der Waals surface area contributed by atoms with Gasteiger partial charge >= 0.3 is 23.9 Å². The number of hydrogen-bond donors (Lipinski definition) is 5. The number of carboxylic acids is 4. The van der Waals surface area contributed by atoms with Gasteiger partial charge in [0.1, 0.15) is 24.7 Å². The molecule has 0 unspecified atom stereocenters. The topological polar surface area (TPSA) is 211 Å². The van der Waals surface area contributed by atoms with Gasteiger partial charge < -0.3 is 35.6 Å². The molecule has 0 fully saturated rings. The Morgan fingerprint density at radius 2 is 0.919 bits per heavy atom. The van der Waals surface area contributed by atoms with E-state index in [0.29, 0.717) is 0 Å². The van der Waals surface area contributed by atoms with E-state index in [0.717, 1.165) is 36.4 Å². The normalized spacial score (nSPS) is 10.4. The second kappa shape index (κ2) is 10.9. The van der Waals surface area contributed by atoms with Gasteiger partial charge in [0.15, 0.2) is 0 Å². The van der Waals surface area contributed by atoms with Crippen molar-refractivity contribution in [1.29, 1.82) is 0 Å². The number of ether oxygens (including phenoxy) is 2. The summed E-state index contributed by atoms with van der Waals surface area (Å²) in [6, 6.07) is 11.0. The predicted octanol–water partition coefficient (Wildman–Crippen LogP) is 2.74. The molecule has 0 saturated carbocycles. The molecule has 190 valence electrons. The van der Waals surface area contributed by atoms with Crippen molar-refractivity contribution >= 4 is 29.8 Å². The standard InChI is InChI=1S/C25H19NO11/c26-21(27)20-12(10-36-18-6-14(22(28)29)4-15(7-18)23(30)31)2-1-3-13(20)11-37-19-8-16(24(32)33)5-17(9-19)25(34)35/h1-9H,10-11H2,(H2,26,27)(H,28,29)(H,30,31)(H,32,33)(H,34,35). The monoisotopic (exact) mass is 509 g/mol. The van der Waals surface area contributed by atoms with E-state index < -0.39 is 29.8 Å². The van der Waals surface area contributed by atoms with Gasteiger partial charge in [-0.05, 0) is 36.4 Å². The number of rotatable bonds is 11. The maximum absolute atomic E-state index is 12.2. The van der Waals surface area contributed by atoms with Crippen LogP contribution in [0.4, 0.5) is 0 Å². The van der Waals surface area contributed by atoms with Crippen molar-refractivity contribution in [1.82, 2.24) is 0 Å². The van der Waals surface area contributed by atoms with Crippen LogP contribution in [0.5, 0.6) is 11.5 Å².